The van der Waals surface area contributed by atoms with E-state index in [0.29, 0.717) is 32.7 Å². The van der Waals surface area contributed by atoms with Crippen molar-refractivity contribution in [3.63, 3.8) is 0 Å². The van der Waals surface area contributed by atoms with E-state index >= 15 is 0 Å². The maximum absolute atomic E-state index is 12.6. The zero-order valence-corrected chi connectivity index (χ0v) is 13.0. The highest BCUT2D eigenvalue weighted by atomic mass is 16.5. The first-order valence-electron chi connectivity index (χ1n) is 7.52. The number of hydrogen-bond donors (Lipinski definition) is 1. The van der Waals surface area contributed by atoms with Crippen LogP contribution in [0.4, 0.5) is 0 Å². The minimum atomic E-state index is -0.0805. The minimum absolute atomic E-state index is 0.0805. The quantitative estimate of drug-likeness (QED) is 0.921. The van der Waals surface area contributed by atoms with Crippen LogP contribution in [0.2, 0.25) is 0 Å². The molecule has 2 aromatic rings. The number of nitrogens with one attached hydrogen (secondary N) is 1. The molecule has 1 N–H and O–H groups in total. The van der Waals surface area contributed by atoms with Crippen molar-refractivity contribution in [2.24, 2.45) is 0 Å². The first-order chi connectivity index (χ1) is 10.6. The number of hydrogen-bond acceptors (Lipinski definition) is 4. The van der Waals surface area contributed by atoms with E-state index in [1.165, 1.54) is 0 Å². The average molecular weight is 303 g/mol. The number of nitrogens with zero attached hydrogens (tertiary/aromatic N) is 4. The van der Waals surface area contributed by atoms with Crippen LogP contribution in [0.25, 0.3) is 0 Å². The van der Waals surface area contributed by atoms with Gasteiger partial charge in [-0.05, 0) is 25.5 Å². The zero-order chi connectivity index (χ0) is 15.5. The Kier molecular flexibility index (Phi) is 4.24. The molecule has 22 heavy (non-hydrogen) atoms. The summed E-state index contributed by atoms with van der Waals surface area (Å²) >= 11 is 0. The second-order valence-electron chi connectivity index (χ2n) is 5.61. The van der Waals surface area contributed by atoms with Crippen LogP contribution < -0.4 is 0 Å². The standard InChI is InChI=1S/C15H21N5O2/c1-11-9-16-17-15(11)13-10-22-8-7-20(13)14(21)4-6-19-5-3-12(2)18-19/h3,5,9,13H,4,6-8,10H2,1-2H3,(H,16,17)/t13-/m0/s1. The van der Waals surface area contributed by atoms with Crippen molar-refractivity contribution < 1.29 is 9.53 Å². The van der Waals surface area contributed by atoms with E-state index in [-0.39, 0.29) is 11.9 Å². The Morgan fingerprint density at radius 1 is 1.50 bits per heavy atom. The normalized spacial score (nSPS) is 18.6. The smallest absolute Gasteiger partial charge is 0.225 e. The molecule has 1 atom stereocenters. The summed E-state index contributed by atoms with van der Waals surface area (Å²) in [5, 5.41) is 11.4. The Balaban J connectivity index is 1.67. The lowest BCUT2D eigenvalue weighted by Crippen LogP contribution is -2.44. The van der Waals surface area contributed by atoms with Crippen molar-refractivity contribution in [3.05, 3.63) is 35.4 Å². The van der Waals surface area contributed by atoms with E-state index in [1.807, 2.05) is 35.7 Å². The van der Waals surface area contributed by atoms with Gasteiger partial charge in [0.05, 0.1) is 36.8 Å². The number of carbonyl (C=O) groups is 1. The van der Waals surface area contributed by atoms with Gasteiger partial charge in [-0.25, -0.2) is 0 Å². The van der Waals surface area contributed by atoms with Crippen molar-refractivity contribution in [2.75, 3.05) is 19.8 Å². The number of morpholine rings is 1. The number of H-pyrrole nitrogens is 1. The van der Waals surface area contributed by atoms with Crippen molar-refractivity contribution in [2.45, 2.75) is 32.9 Å². The van der Waals surface area contributed by atoms with E-state index < -0.39 is 0 Å². The van der Waals surface area contributed by atoms with E-state index in [2.05, 4.69) is 15.3 Å². The van der Waals surface area contributed by atoms with Crippen LogP contribution in [-0.4, -0.2) is 50.5 Å². The zero-order valence-electron chi connectivity index (χ0n) is 13.0. The maximum atomic E-state index is 12.6. The van der Waals surface area contributed by atoms with Gasteiger partial charge in [-0.1, -0.05) is 0 Å². The molecule has 1 aliphatic rings. The topological polar surface area (TPSA) is 76.0 Å². The van der Waals surface area contributed by atoms with Crippen LogP contribution in [-0.2, 0) is 16.1 Å². The molecule has 2 aromatic heterocycles. The Labute approximate surface area is 129 Å². The molecule has 1 fully saturated rings. The first-order valence-corrected chi connectivity index (χ1v) is 7.52. The number of aryl methyl sites for hydroxylation is 3. The molecule has 1 aliphatic heterocycles. The van der Waals surface area contributed by atoms with Crippen LogP contribution in [0, 0.1) is 13.8 Å². The first kappa shape index (κ1) is 14.8. The molecule has 0 aliphatic carbocycles. The minimum Gasteiger partial charge on any atom is -0.377 e. The van der Waals surface area contributed by atoms with E-state index in [0.717, 1.165) is 17.0 Å². The maximum Gasteiger partial charge on any atom is 0.225 e. The number of aromatic nitrogens is 4. The Morgan fingerprint density at radius 3 is 3.05 bits per heavy atom. The Bertz CT molecular complexity index is 648. The number of amides is 1. The second kappa shape index (κ2) is 6.31. The summed E-state index contributed by atoms with van der Waals surface area (Å²) in [7, 11) is 0. The lowest BCUT2D eigenvalue weighted by Gasteiger charge is -2.35. The highest BCUT2D eigenvalue weighted by Gasteiger charge is 2.30. The van der Waals surface area contributed by atoms with Crippen LogP contribution in [0.3, 0.4) is 0 Å². The van der Waals surface area contributed by atoms with Crippen LogP contribution >= 0.6 is 0 Å². The SMILES string of the molecule is Cc1ccn(CCC(=O)N2CCOC[C@H]2c2[nH]ncc2C)n1. The molecule has 1 amide bonds. The van der Waals surface area contributed by atoms with Gasteiger partial charge in [0.15, 0.2) is 0 Å². The fourth-order valence-electron chi connectivity index (χ4n) is 2.78. The van der Waals surface area contributed by atoms with Gasteiger partial charge in [0.25, 0.3) is 0 Å². The number of aromatic amines is 1. The molecule has 0 saturated carbocycles. The highest BCUT2D eigenvalue weighted by molar-refractivity contribution is 5.76. The van der Waals surface area contributed by atoms with Gasteiger partial charge in [0, 0.05) is 25.7 Å². The third-order valence-corrected chi connectivity index (χ3v) is 3.98. The summed E-state index contributed by atoms with van der Waals surface area (Å²) in [5.74, 6) is 0.121. The van der Waals surface area contributed by atoms with Gasteiger partial charge in [-0.3, -0.25) is 14.6 Å². The summed E-state index contributed by atoms with van der Waals surface area (Å²) in [5.41, 5.74) is 2.98. The van der Waals surface area contributed by atoms with Gasteiger partial charge >= 0.3 is 0 Å². The number of ether oxygens (including phenoxy) is 1. The molecule has 1 saturated heterocycles. The van der Waals surface area contributed by atoms with E-state index in [4.69, 9.17) is 4.74 Å². The molecule has 0 unspecified atom stereocenters. The molecule has 0 aromatic carbocycles. The van der Waals surface area contributed by atoms with Crippen LogP contribution in [0.15, 0.2) is 18.5 Å². The molecule has 0 bridgehead atoms. The average Bonchev–Trinajstić information content (AvgIpc) is 3.13. The van der Waals surface area contributed by atoms with Gasteiger partial charge in [-0.15, -0.1) is 0 Å². The van der Waals surface area contributed by atoms with Crippen molar-refractivity contribution >= 4 is 5.91 Å². The molecular formula is C15H21N5O2. The largest absolute Gasteiger partial charge is 0.377 e. The lowest BCUT2D eigenvalue weighted by atomic mass is 10.1. The summed E-state index contributed by atoms with van der Waals surface area (Å²) in [6, 6.07) is 1.86. The molecule has 118 valence electrons. The second-order valence-corrected chi connectivity index (χ2v) is 5.61. The number of carbonyl (C=O) groups excluding carboxylic acids is 1. The summed E-state index contributed by atoms with van der Waals surface area (Å²) in [6.07, 6.45) is 4.11. The summed E-state index contributed by atoms with van der Waals surface area (Å²) in [6.45, 7) is 6.23. The van der Waals surface area contributed by atoms with Crippen molar-refractivity contribution in [3.8, 4) is 0 Å². The van der Waals surface area contributed by atoms with Crippen LogP contribution in [0.5, 0.6) is 0 Å². The third kappa shape index (κ3) is 3.04. The highest BCUT2D eigenvalue weighted by Crippen LogP contribution is 2.25. The lowest BCUT2D eigenvalue weighted by molar-refractivity contribution is -0.140. The van der Waals surface area contributed by atoms with E-state index in [1.54, 1.807) is 6.20 Å². The summed E-state index contributed by atoms with van der Waals surface area (Å²) in [4.78, 5) is 14.5. The molecule has 0 radical (unpaired) electrons. The van der Waals surface area contributed by atoms with Gasteiger partial charge in [-0.2, -0.15) is 10.2 Å². The van der Waals surface area contributed by atoms with Gasteiger partial charge in [0.1, 0.15) is 0 Å². The third-order valence-electron chi connectivity index (χ3n) is 3.98. The van der Waals surface area contributed by atoms with Crippen molar-refractivity contribution in [1.82, 2.24) is 24.9 Å². The van der Waals surface area contributed by atoms with Gasteiger partial charge < -0.3 is 9.64 Å². The van der Waals surface area contributed by atoms with Crippen LogP contribution in [0.1, 0.15) is 29.4 Å². The Morgan fingerprint density at radius 2 is 2.36 bits per heavy atom. The fraction of sp³-hybridized carbons (Fsp3) is 0.533. The molecule has 7 nitrogen and oxygen atoms in total. The van der Waals surface area contributed by atoms with Crippen molar-refractivity contribution in [1.29, 1.82) is 0 Å². The predicted molar refractivity (Wildman–Crippen MR) is 80.2 cm³/mol. The predicted octanol–water partition coefficient (Wildman–Crippen LogP) is 1.21. The molecule has 3 heterocycles. The summed E-state index contributed by atoms with van der Waals surface area (Å²) < 4.78 is 7.36. The van der Waals surface area contributed by atoms with Gasteiger partial charge in [0.2, 0.25) is 5.91 Å². The Hall–Kier alpha value is -2.15. The fourth-order valence-corrected chi connectivity index (χ4v) is 2.78. The molecule has 7 heteroatoms. The van der Waals surface area contributed by atoms with E-state index in [9.17, 15) is 4.79 Å². The monoisotopic (exact) mass is 303 g/mol. The molecule has 0 spiro atoms. The molecular weight excluding hydrogens is 282 g/mol. The molecule has 3 rings (SSSR count). The number of rotatable bonds is 4.